The second-order valence-electron chi connectivity index (χ2n) is 4.16. The standard InChI is InChI=1S/C14H13ClN2O2/c1-10(12-4-2-3-5-13(12)15)16-14(18)11-6-8-17(19)9-7-11/h2-10H,1H3,(H,16,18). The molecule has 0 aliphatic rings. The lowest BCUT2D eigenvalue weighted by Crippen LogP contribution is -2.29. The number of carbonyl (C=O) groups is 1. The second kappa shape index (κ2) is 5.71. The topological polar surface area (TPSA) is 56.0 Å². The zero-order valence-corrected chi connectivity index (χ0v) is 11.1. The second-order valence-corrected chi connectivity index (χ2v) is 4.57. The van der Waals surface area contributed by atoms with Crippen molar-refractivity contribution in [3.63, 3.8) is 0 Å². The normalized spacial score (nSPS) is 11.9. The fourth-order valence-electron chi connectivity index (χ4n) is 1.75. The summed E-state index contributed by atoms with van der Waals surface area (Å²) in [6.45, 7) is 1.86. The third kappa shape index (κ3) is 3.23. The quantitative estimate of drug-likeness (QED) is 0.692. The predicted molar refractivity (Wildman–Crippen MR) is 72.7 cm³/mol. The lowest BCUT2D eigenvalue weighted by molar-refractivity contribution is -0.605. The maximum Gasteiger partial charge on any atom is 0.252 e. The van der Waals surface area contributed by atoms with Gasteiger partial charge in [-0.2, -0.15) is 4.73 Å². The molecule has 0 aliphatic carbocycles. The molecule has 1 aromatic heterocycles. The molecule has 0 spiro atoms. The summed E-state index contributed by atoms with van der Waals surface area (Å²) in [4.78, 5) is 12.0. The van der Waals surface area contributed by atoms with Crippen molar-refractivity contribution >= 4 is 17.5 Å². The van der Waals surface area contributed by atoms with Crippen LogP contribution in [0.2, 0.25) is 5.02 Å². The third-order valence-electron chi connectivity index (χ3n) is 2.78. The highest BCUT2D eigenvalue weighted by Crippen LogP contribution is 2.22. The van der Waals surface area contributed by atoms with E-state index in [9.17, 15) is 10.0 Å². The molecule has 2 aromatic rings. The lowest BCUT2D eigenvalue weighted by atomic mass is 10.1. The van der Waals surface area contributed by atoms with Crippen LogP contribution in [0.25, 0.3) is 0 Å². The zero-order chi connectivity index (χ0) is 13.8. The smallest absolute Gasteiger partial charge is 0.252 e. The first kappa shape index (κ1) is 13.4. The highest BCUT2D eigenvalue weighted by molar-refractivity contribution is 6.31. The molecule has 0 saturated carbocycles. The summed E-state index contributed by atoms with van der Waals surface area (Å²) in [7, 11) is 0. The average molecular weight is 277 g/mol. The van der Waals surface area contributed by atoms with Crippen molar-refractivity contribution in [3.8, 4) is 0 Å². The molecule has 0 bridgehead atoms. The minimum absolute atomic E-state index is 0.208. The first-order valence-electron chi connectivity index (χ1n) is 5.82. The predicted octanol–water partition coefficient (Wildman–Crippen LogP) is 2.46. The first-order chi connectivity index (χ1) is 9.08. The Kier molecular flexibility index (Phi) is 4.02. The summed E-state index contributed by atoms with van der Waals surface area (Å²) in [6, 6.07) is 10.1. The highest BCUT2D eigenvalue weighted by Gasteiger charge is 2.13. The summed E-state index contributed by atoms with van der Waals surface area (Å²) < 4.78 is 0.633. The van der Waals surface area contributed by atoms with Gasteiger partial charge in [-0.15, -0.1) is 0 Å². The van der Waals surface area contributed by atoms with E-state index in [1.807, 2.05) is 25.1 Å². The Bertz CT molecular complexity index is 584. The van der Waals surface area contributed by atoms with E-state index >= 15 is 0 Å². The van der Waals surface area contributed by atoms with Crippen LogP contribution in [0.1, 0.15) is 28.9 Å². The Morgan fingerprint density at radius 2 is 1.89 bits per heavy atom. The van der Waals surface area contributed by atoms with Gasteiger partial charge in [0.15, 0.2) is 12.4 Å². The van der Waals surface area contributed by atoms with Crippen LogP contribution < -0.4 is 10.0 Å². The summed E-state index contributed by atoms with van der Waals surface area (Å²) in [5, 5.41) is 14.4. The van der Waals surface area contributed by atoms with Gasteiger partial charge in [-0.25, -0.2) is 0 Å². The number of nitrogens with one attached hydrogen (secondary N) is 1. The van der Waals surface area contributed by atoms with Gasteiger partial charge in [0, 0.05) is 17.2 Å². The monoisotopic (exact) mass is 276 g/mol. The van der Waals surface area contributed by atoms with Crippen molar-refractivity contribution in [1.29, 1.82) is 0 Å². The number of pyridine rings is 1. The summed E-state index contributed by atoms with van der Waals surface area (Å²) in [5.41, 5.74) is 1.29. The molecule has 0 radical (unpaired) electrons. The van der Waals surface area contributed by atoms with Gasteiger partial charge >= 0.3 is 0 Å². The number of rotatable bonds is 3. The summed E-state index contributed by atoms with van der Waals surface area (Å²) >= 11 is 6.07. The minimum Gasteiger partial charge on any atom is -0.619 e. The van der Waals surface area contributed by atoms with E-state index in [4.69, 9.17) is 11.6 Å². The third-order valence-corrected chi connectivity index (χ3v) is 3.13. The van der Waals surface area contributed by atoms with Crippen LogP contribution in [0.5, 0.6) is 0 Å². The van der Waals surface area contributed by atoms with Crippen molar-refractivity contribution in [2.75, 3.05) is 0 Å². The van der Waals surface area contributed by atoms with E-state index < -0.39 is 0 Å². The molecule has 1 N–H and O–H groups in total. The Morgan fingerprint density at radius 3 is 2.53 bits per heavy atom. The molecule has 0 fully saturated rings. The van der Waals surface area contributed by atoms with E-state index in [2.05, 4.69) is 5.32 Å². The fraction of sp³-hybridized carbons (Fsp3) is 0.143. The van der Waals surface area contributed by atoms with Gasteiger partial charge in [-0.1, -0.05) is 29.8 Å². The van der Waals surface area contributed by atoms with Crippen molar-refractivity contribution in [1.82, 2.24) is 5.32 Å². The van der Waals surface area contributed by atoms with Crippen LogP contribution in [0, 0.1) is 5.21 Å². The van der Waals surface area contributed by atoms with E-state index in [-0.39, 0.29) is 11.9 Å². The number of hydrogen-bond donors (Lipinski definition) is 1. The van der Waals surface area contributed by atoms with E-state index in [1.54, 1.807) is 6.07 Å². The first-order valence-corrected chi connectivity index (χ1v) is 6.20. The van der Waals surface area contributed by atoms with Crippen LogP contribution >= 0.6 is 11.6 Å². The van der Waals surface area contributed by atoms with Crippen LogP contribution in [-0.4, -0.2) is 5.91 Å². The Morgan fingerprint density at radius 1 is 1.26 bits per heavy atom. The van der Waals surface area contributed by atoms with Gasteiger partial charge in [-0.05, 0) is 18.6 Å². The zero-order valence-electron chi connectivity index (χ0n) is 10.3. The Hall–Kier alpha value is -2.07. The van der Waals surface area contributed by atoms with Gasteiger partial charge in [-0.3, -0.25) is 4.79 Å². The molecule has 19 heavy (non-hydrogen) atoms. The number of aromatic nitrogens is 1. The summed E-state index contributed by atoms with van der Waals surface area (Å²) in [5.74, 6) is -0.243. The van der Waals surface area contributed by atoms with Gasteiger partial charge in [0.25, 0.3) is 5.91 Å². The molecule has 1 amide bonds. The molecule has 5 heteroatoms. The van der Waals surface area contributed by atoms with Crippen LogP contribution in [0.15, 0.2) is 48.8 Å². The van der Waals surface area contributed by atoms with Gasteiger partial charge in [0.2, 0.25) is 0 Å². The van der Waals surface area contributed by atoms with E-state index in [0.29, 0.717) is 15.3 Å². The van der Waals surface area contributed by atoms with Crippen molar-refractivity contribution < 1.29 is 9.52 Å². The fourth-order valence-corrected chi connectivity index (χ4v) is 2.05. The van der Waals surface area contributed by atoms with Gasteiger partial charge < -0.3 is 10.5 Å². The Balaban J connectivity index is 2.11. The van der Waals surface area contributed by atoms with Crippen LogP contribution in [0.3, 0.4) is 0 Å². The van der Waals surface area contributed by atoms with Crippen molar-refractivity contribution in [2.45, 2.75) is 13.0 Å². The molecule has 1 heterocycles. The molecular formula is C14H13ClN2O2. The molecule has 4 nitrogen and oxygen atoms in total. The van der Waals surface area contributed by atoms with Crippen LogP contribution in [0.4, 0.5) is 0 Å². The molecule has 0 aliphatic heterocycles. The molecule has 1 unspecified atom stereocenters. The molecular weight excluding hydrogens is 264 g/mol. The number of nitrogens with zero attached hydrogens (tertiary/aromatic N) is 1. The molecule has 1 atom stereocenters. The number of amides is 1. The molecule has 2 rings (SSSR count). The number of hydrogen-bond acceptors (Lipinski definition) is 2. The highest BCUT2D eigenvalue weighted by atomic mass is 35.5. The molecule has 98 valence electrons. The lowest BCUT2D eigenvalue weighted by Gasteiger charge is -2.15. The van der Waals surface area contributed by atoms with Crippen molar-refractivity contribution in [2.24, 2.45) is 0 Å². The average Bonchev–Trinajstić information content (AvgIpc) is 2.39. The maximum absolute atomic E-state index is 12.0. The number of benzene rings is 1. The van der Waals surface area contributed by atoms with Crippen LogP contribution in [-0.2, 0) is 0 Å². The molecule has 0 saturated heterocycles. The van der Waals surface area contributed by atoms with Gasteiger partial charge in [0.05, 0.1) is 11.6 Å². The maximum atomic E-state index is 12.0. The van der Waals surface area contributed by atoms with Gasteiger partial charge in [0.1, 0.15) is 0 Å². The number of carbonyl (C=O) groups excluding carboxylic acids is 1. The van der Waals surface area contributed by atoms with Crippen molar-refractivity contribution in [3.05, 3.63) is 70.1 Å². The molecule has 1 aromatic carbocycles. The van der Waals surface area contributed by atoms with E-state index in [0.717, 1.165) is 5.56 Å². The SMILES string of the molecule is CC(NC(=O)c1cc[n+]([O-])cc1)c1ccccc1Cl. The Labute approximate surface area is 116 Å². The minimum atomic E-state index is -0.243. The van der Waals surface area contributed by atoms with E-state index in [1.165, 1.54) is 24.5 Å². The summed E-state index contributed by atoms with van der Waals surface area (Å²) in [6.07, 6.45) is 2.57. The largest absolute Gasteiger partial charge is 0.619 e. The number of halogens is 1.